The standard InChI is InChI=1S/C30H50O/c1-19(2)20-11-14-27(5)17-18-29(7)21(25(20)27)9-10-23-28(6)15-13-24(31)26(3,4)22(28)12-16-30(23,29)8/h20-25,31H,1,9-18H2,2-8H3/t20-,21?,22?,23+,24-,25?,27+,28-,29+,30+/m0/s1. The van der Waals surface area contributed by atoms with Crippen LogP contribution in [0.1, 0.15) is 113 Å². The fourth-order valence-electron chi connectivity index (χ4n) is 11.5. The van der Waals surface area contributed by atoms with Crippen LogP contribution in [0.4, 0.5) is 0 Å². The molecule has 5 fully saturated rings. The Morgan fingerprint density at radius 1 is 0.742 bits per heavy atom. The lowest BCUT2D eigenvalue weighted by Crippen LogP contribution is -2.66. The van der Waals surface area contributed by atoms with Gasteiger partial charge >= 0.3 is 0 Å². The zero-order valence-corrected chi connectivity index (χ0v) is 21.7. The van der Waals surface area contributed by atoms with Crippen LogP contribution in [0, 0.1) is 56.7 Å². The van der Waals surface area contributed by atoms with Gasteiger partial charge in [-0.3, -0.25) is 0 Å². The lowest BCUT2D eigenvalue weighted by molar-refractivity contribution is -0.246. The van der Waals surface area contributed by atoms with Crippen molar-refractivity contribution in [3.63, 3.8) is 0 Å². The minimum Gasteiger partial charge on any atom is -0.393 e. The van der Waals surface area contributed by atoms with E-state index in [1.54, 1.807) is 0 Å². The Kier molecular flexibility index (Phi) is 4.82. The van der Waals surface area contributed by atoms with Gasteiger partial charge in [0.2, 0.25) is 0 Å². The van der Waals surface area contributed by atoms with Crippen LogP contribution in [0.3, 0.4) is 0 Å². The van der Waals surface area contributed by atoms with Gasteiger partial charge in [-0.2, -0.15) is 0 Å². The minimum atomic E-state index is -0.118. The van der Waals surface area contributed by atoms with Gasteiger partial charge in [-0.25, -0.2) is 0 Å². The third kappa shape index (κ3) is 2.65. The number of rotatable bonds is 1. The van der Waals surface area contributed by atoms with E-state index in [0.29, 0.717) is 27.6 Å². The number of aliphatic hydroxyl groups is 1. The van der Waals surface area contributed by atoms with Crippen LogP contribution in [-0.2, 0) is 0 Å². The molecule has 0 aromatic rings. The van der Waals surface area contributed by atoms with Gasteiger partial charge in [0, 0.05) is 0 Å². The monoisotopic (exact) mass is 426 g/mol. The first kappa shape index (κ1) is 22.5. The van der Waals surface area contributed by atoms with Crippen molar-refractivity contribution in [2.24, 2.45) is 56.7 Å². The van der Waals surface area contributed by atoms with E-state index in [1.807, 2.05) is 0 Å². The average molecular weight is 427 g/mol. The normalized spacial score (nSPS) is 57.9. The number of aliphatic hydroxyl groups excluding tert-OH is 1. The van der Waals surface area contributed by atoms with E-state index in [1.165, 1.54) is 63.4 Å². The maximum absolute atomic E-state index is 10.9. The van der Waals surface area contributed by atoms with Gasteiger partial charge in [0.05, 0.1) is 6.10 Å². The molecule has 0 spiro atoms. The molecular formula is C30H50O. The van der Waals surface area contributed by atoms with Crippen molar-refractivity contribution in [3.8, 4) is 0 Å². The molecule has 10 atom stereocenters. The highest BCUT2D eigenvalue weighted by Gasteiger charge is 2.70. The summed E-state index contributed by atoms with van der Waals surface area (Å²) in [6, 6.07) is 0. The molecule has 1 nitrogen and oxygen atoms in total. The Labute approximate surface area is 192 Å². The van der Waals surface area contributed by atoms with Crippen molar-refractivity contribution in [2.45, 2.75) is 119 Å². The fraction of sp³-hybridized carbons (Fsp3) is 0.933. The maximum Gasteiger partial charge on any atom is 0.0594 e. The smallest absolute Gasteiger partial charge is 0.0594 e. The van der Waals surface area contributed by atoms with Gasteiger partial charge in [-0.15, -0.1) is 0 Å². The van der Waals surface area contributed by atoms with E-state index in [9.17, 15) is 5.11 Å². The summed E-state index contributed by atoms with van der Waals surface area (Å²) in [5.74, 6) is 3.98. The number of allylic oxidation sites excluding steroid dienone is 1. The molecule has 5 aliphatic rings. The highest BCUT2D eigenvalue weighted by atomic mass is 16.3. The highest BCUT2D eigenvalue weighted by molar-refractivity contribution is 5.21. The van der Waals surface area contributed by atoms with Crippen molar-refractivity contribution >= 4 is 0 Å². The molecule has 1 N–H and O–H groups in total. The number of hydrogen-bond donors (Lipinski definition) is 1. The van der Waals surface area contributed by atoms with Gasteiger partial charge < -0.3 is 5.11 Å². The van der Waals surface area contributed by atoms with Crippen LogP contribution in [0.5, 0.6) is 0 Å². The molecule has 5 rings (SSSR count). The predicted molar refractivity (Wildman–Crippen MR) is 131 cm³/mol. The quantitative estimate of drug-likeness (QED) is 0.421. The summed E-state index contributed by atoms with van der Waals surface area (Å²) in [7, 11) is 0. The SMILES string of the molecule is C=C(C)[C@@H]1CC[C@]2(C)CC[C@]3(C)C(CC[C@@H]4[C@@]5(C)CC[C@H](O)C(C)(C)C5CC[C@]43C)C12. The van der Waals surface area contributed by atoms with Gasteiger partial charge in [-0.05, 0) is 128 Å². The van der Waals surface area contributed by atoms with Crippen molar-refractivity contribution in [3.05, 3.63) is 12.2 Å². The van der Waals surface area contributed by atoms with E-state index in [-0.39, 0.29) is 11.5 Å². The van der Waals surface area contributed by atoms with Crippen LogP contribution in [0.25, 0.3) is 0 Å². The van der Waals surface area contributed by atoms with Crippen molar-refractivity contribution in [1.82, 2.24) is 0 Å². The number of hydrogen-bond acceptors (Lipinski definition) is 1. The first-order valence-electron chi connectivity index (χ1n) is 13.6. The van der Waals surface area contributed by atoms with Crippen LogP contribution in [0.2, 0.25) is 0 Å². The van der Waals surface area contributed by atoms with E-state index in [0.717, 1.165) is 30.1 Å². The molecule has 0 bridgehead atoms. The Balaban J connectivity index is 1.54. The van der Waals surface area contributed by atoms with Crippen molar-refractivity contribution in [1.29, 1.82) is 0 Å². The van der Waals surface area contributed by atoms with E-state index in [2.05, 4.69) is 55.0 Å². The predicted octanol–water partition coefficient (Wildman–Crippen LogP) is 8.02. The van der Waals surface area contributed by atoms with Crippen LogP contribution >= 0.6 is 0 Å². The third-order valence-corrected chi connectivity index (χ3v) is 13.5. The van der Waals surface area contributed by atoms with Crippen molar-refractivity contribution in [2.75, 3.05) is 0 Å². The summed E-state index contributed by atoms with van der Waals surface area (Å²) >= 11 is 0. The summed E-state index contributed by atoms with van der Waals surface area (Å²) in [5.41, 5.74) is 3.38. The van der Waals surface area contributed by atoms with Gasteiger partial charge in [0.25, 0.3) is 0 Å². The zero-order chi connectivity index (χ0) is 22.6. The topological polar surface area (TPSA) is 20.2 Å². The molecule has 0 heterocycles. The van der Waals surface area contributed by atoms with Crippen molar-refractivity contribution < 1.29 is 5.11 Å². The summed E-state index contributed by atoms with van der Waals surface area (Å²) in [6.07, 6.45) is 13.4. The Bertz CT molecular complexity index is 766. The lowest BCUT2D eigenvalue weighted by atomic mass is 9.32. The van der Waals surface area contributed by atoms with E-state index >= 15 is 0 Å². The first-order chi connectivity index (χ1) is 14.3. The third-order valence-electron chi connectivity index (χ3n) is 13.5. The Morgan fingerprint density at radius 2 is 1.45 bits per heavy atom. The van der Waals surface area contributed by atoms with Gasteiger partial charge in [-0.1, -0.05) is 53.7 Å². The summed E-state index contributed by atoms with van der Waals surface area (Å²) in [5, 5.41) is 10.9. The zero-order valence-electron chi connectivity index (χ0n) is 21.7. The first-order valence-corrected chi connectivity index (χ1v) is 13.6. The molecule has 0 radical (unpaired) electrons. The molecule has 0 amide bonds. The Hall–Kier alpha value is -0.300. The second-order valence-corrected chi connectivity index (χ2v) is 14.7. The molecule has 5 saturated carbocycles. The molecule has 0 aromatic carbocycles. The lowest BCUT2D eigenvalue weighted by Gasteiger charge is -2.73. The highest BCUT2D eigenvalue weighted by Crippen LogP contribution is 2.77. The minimum absolute atomic E-state index is 0.0632. The summed E-state index contributed by atoms with van der Waals surface area (Å²) in [4.78, 5) is 0. The largest absolute Gasteiger partial charge is 0.393 e. The molecule has 31 heavy (non-hydrogen) atoms. The van der Waals surface area contributed by atoms with Crippen LogP contribution in [-0.4, -0.2) is 11.2 Å². The molecule has 0 saturated heterocycles. The summed E-state index contributed by atoms with van der Waals surface area (Å²) < 4.78 is 0. The summed E-state index contributed by atoms with van der Waals surface area (Å²) in [6.45, 7) is 22.3. The fourth-order valence-corrected chi connectivity index (χ4v) is 11.5. The Morgan fingerprint density at radius 3 is 2.13 bits per heavy atom. The number of fused-ring (bicyclic) bond motifs is 7. The molecule has 5 aliphatic carbocycles. The molecule has 0 aromatic heterocycles. The van der Waals surface area contributed by atoms with Crippen LogP contribution in [0.15, 0.2) is 12.2 Å². The molecule has 1 heteroatoms. The molecule has 176 valence electrons. The second kappa shape index (κ2) is 6.64. The molecule has 3 unspecified atom stereocenters. The molecular weight excluding hydrogens is 376 g/mol. The van der Waals surface area contributed by atoms with E-state index < -0.39 is 0 Å². The van der Waals surface area contributed by atoms with Crippen LogP contribution < -0.4 is 0 Å². The maximum atomic E-state index is 10.9. The van der Waals surface area contributed by atoms with Gasteiger partial charge in [0.1, 0.15) is 0 Å². The van der Waals surface area contributed by atoms with E-state index in [4.69, 9.17) is 0 Å². The second-order valence-electron chi connectivity index (χ2n) is 14.7. The van der Waals surface area contributed by atoms with Gasteiger partial charge in [0.15, 0.2) is 0 Å². The average Bonchev–Trinajstić information content (AvgIpc) is 3.04. The molecule has 0 aliphatic heterocycles.